The number of rotatable bonds is 6. The maximum atomic E-state index is 14.4. The summed E-state index contributed by atoms with van der Waals surface area (Å²) in [6, 6.07) is 51.9. The Hall–Kier alpha value is -7.18. The van der Waals surface area contributed by atoms with Gasteiger partial charge < -0.3 is 9.80 Å². The van der Waals surface area contributed by atoms with Crippen molar-refractivity contribution >= 4 is 55.7 Å². The summed E-state index contributed by atoms with van der Waals surface area (Å²) in [5.41, 5.74) is 13.4. The van der Waals surface area contributed by atoms with Crippen molar-refractivity contribution in [3.05, 3.63) is 215 Å². The second-order valence-electron chi connectivity index (χ2n) is 17.5. The van der Waals surface area contributed by atoms with Gasteiger partial charge in [0.05, 0.1) is 11.4 Å². The van der Waals surface area contributed by atoms with Gasteiger partial charge in [0.15, 0.2) is 0 Å². The minimum atomic E-state index is -0.407. The van der Waals surface area contributed by atoms with Crippen LogP contribution in [-0.4, -0.2) is 0 Å². The lowest BCUT2D eigenvalue weighted by molar-refractivity contribution is 0.627. The highest BCUT2D eigenvalue weighted by Gasteiger charge is 2.44. The first-order chi connectivity index (χ1) is 29.9. The van der Waals surface area contributed by atoms with Gasteiger partial charge in [-0.1, -0.05) is 76.2 Å². The maximum absolute atomic E-state index is 14.4. The van der Waals surface area contributed by atoms with E-state index in [1.807, 2.05) is 12.1 Å². The van der Waals surface area contributed by atoms with Crippen LogP contribution in [0.25, 0.3) is 43.8 Å². The lowest BCUT2D eigenvalue weighted by Crippen LogP contribution is -2.18. The van der Waals surface area contributed by atoms with Crippen LogP contribution < -0.4 is 9.80 Å². The van der Waals surface area contributed by atoms with Crippen molar-refractivity contribution in [2.45, 2.75) is 38.5 Å². The number of nitrogens with zero attached hydrogens (tertiary/aromatic N) is 2. The maximum Gasteiger partial charge on any atom is 0.123 e. The smallest absolute Gasteiger partial charge is 0.123 e. The Kier molecular flexibility index (Phi) is 8.33. The highest BCUT2D eigenvalue weighted by atomic mass is 19.1. The van der Waals surface area contributed by atoms with E-state index in [4.69, 9.17) is 0 Å². The third kappa shape index (κ3) is 5.62. The molecule has 0 saturated carbocycles. The topological polar surface area (TPSA) is 6.48 Å². The van der Waals surface area contributed by atoms with E-state index in [-0.39, 0.29) is 23.3 Å². The number of halogens is 4. The fourth-order valence-corrected chi connectivity index (χ4v) is 10.4. The Labute approximate surface area is 357 Å². The van der Waals surface area contributed by atoms with Crippen molar-refractivity contribution in [2.24, 2.45) is 0 Å². The zero-order valence-corrected chi connectivity index (χ0v) is 34.6. The van der Waals surface area contributed by atoms with Crippen molar-refractivity contribution in [1.29, 1.82) is 0 Å². The van der Waals surface area contributed by atoms with E-state index >= 15 is 0 Å². The van der Waals surface area contributed by atoms with Gasteiger partial charge in [-0.2, -0.15) is 0 Å². The second-order valence-corrected chi connectivity index (χ2v) is 17.5. The Morgan fingerprint density at radius 1 is 0.323 bits per heavy atom. The van der Waals surface area contributed by atoms with Crippen molar-refractivity contribution in [3.63, 3.8) is 0 Å². The molecule has 0 radical (unpaired) electrons. The summed E-state index contributed by atoms with van der Waals surface area (Å²) in [7, 11) is 0. The third-order valence-corrected chi connectivity index (χ3v) is 13.2. The number of anilines is 6. The van der Waals surface area contributed by atoms with Gasteiger partial charge in [-0.05, 0) is 177 Å². The van der Waals surface area contributed by atoms with E-state index in [0.29, 0.717) is 0 Å². The van der Waals surface area contributed by atoms with E-state index < -0.39 is 10.8 Å². The van der Waals surface area contributed by atoms with E-state index in [1.54, 1.807) is 48.5 Å². The molecule has 9 aromatic rings. The quantitative estimate of drug-likeness (QED) is 0.154. The van der Waals surface area contributed by atoms with Crippen molar-refractivity contribution in [3.8, 4) is 22.3 Å². The van der Waals surface area contributed by atoms with Crippen molar-refractivity contribution in [2.75, 3.05) is 9.80 Å². The Morgan fingerprint density at radius 3 is 0.887 bits per heavy atom. The van der Waals surface area contributed by atoms with Crippen LogP contribution in [0.1, 0.15) is 49.9 Å². The molecule has 0 amide bonds. The number of hydrogen-bond donors (Lipinski definition) is 0. The molecule has 0 spiro atoms. The van der Waals surface area contributed by atoms with Crippen LogP contribution in [0, 0.1) is 23.3 Å². The molecular weight excluding hydrogens is 777 g/mol. The minimum absolute atomic E-state index is 0.335. The van der Waals surface area contributed by atoms with Gasteiger partial charge in [0.1, 0.15) is 23.3 Å². The molecule has 0 N–H and O–H groups in total. The Bertz CT molecular complexity index is 2950. The molecule has 0 unspecified atom stereocenters. The standard InChI is InChI=1S/C56H40F4N2/c1-55(2)49-29-46-48-32-52(62(39-25-17-35(59)18-26-39)40-27-19-36(60)20-28-40)42-10-6-8-12-44(42)54(48)56(3,4)50(46)30-45(49)47-31-51(41-9-5-7-11-43(41)53(47)55)61(37-21-13-33(57)14-22-37)38-23-15-34(58)16-24-38/h5-32H,1-4H3. The van der Waals surface area contributed by atoms with Crippen LogP contribution in [0.4, 0.5) is 51.7 Å². The fourth-order valence-electron chi connectivity index (χ4n) is 10.4. The molecule has 302 valence electrons. The molecule has 11 rings (SSSR count). The predicted octanol–water partition coefficient (Wildman–Crippen LogP) is 16.1. The van der Waals surface area contributed by atoms with E-state index in [0.717, 1.165) is 77.9 Å². The predicted molar refractivity (Wildman–Crippen MR) is 246 cm³/mol. The summed E-state index contributed by atoms with van der Waals surface area (Å²) >= 11 is 0. The SMILES string of the molecule is CC1(C)c2cc3c(cc2-c2cc(N(c4ccc(F)cc4)c4ccc(F)cc4)c4ccccc4c21)C(C)(C)c1c-3cc(N(c2ccc(F)cc2)c2ccc(F)cc2)c2ccccc12. The lowest BCUT2D eigenvalue weighted by Gasteiger charge is -2.30. The molecule has 0 fully saturated rings. The average Bonchev–Trinajstić information content (AvgIpc) is 3.64. The summed E-state index contributed by atoms with van der Waals surface area (Å²) in [5, 5.41) is 4.27. The Balaban J connectivity index is 1.16. The highest BCUT2D eigenvalue weighted by molar-refractivity contribution is 6.10. The zero-order valence-electron chi connectivity index (χ0n) is 34.6. The molecule has 0 aromatic heterocycles. The molecule has 6 heteroatoms. The summed E-state index contributed by atoms with van der Waals surface area (Å²) in [6.07, 6.45) is 0. The van der Waals surface area contributed by atoms with E-state index in [9.17, 15) is 17.6 Å². The average molecular weight is 817 g/mol. The van der Waals surface area contributed by atoms with Crippen LogP contribution in [-0.2, 0) is 10.8 Å². The van der Waals surface area contributed by atoms with Crippen LogP contribution >= 0.6 is 0 Å². The Morgan fingerprint density at radius 2 is 0.597 bits per heavy atom. The number of hydrogen-bond acceptors (Lipinski definition) is 2. The molecule has 9 aromatic carbocycles. The summed E-state index contributed by atoms with van der Waals surface area (Å²) < 4.78 is 57.6. The molecule has 0 bridgehead atoms. The van der Waals surface area contributed by atoms with Crippen molar-refractivity contribution < 1.29 is 17.6 Å². The van der Waals surface area contributed by atoms with Gasteiger partial charge in [-0.15, -0.1) is 0 Å². The summed E-state index contributed by atoms with van der Waals surface area (Å²) in [6.45, 7) is 9.19. The fraction of sp³-hybridized carbons (Fsp3) is 0.107. The van der Waals surface area contributed by atoms with Crippen molar-refractivity contribution in [1.82, 2.24) is 0 Å². The molecule has 0 heterocycles. The van der Waals surface area contributed by atoms with Gasteiger partial charge in [0, 0.05) is 44.4 Å². The molecule has 2 aliphatic carbocycles. The van der Waals surface area contributed by atoms with Crippen LogP contribution in [0.15, 0.2) is 170 Å². The van der Waals surface area contributed by atoms with Crippen LogP contribution in [0.3, 0.4) is 0 Å². The molecule has 62 heavy (non-hydrogen) atoms. The summed E-state index contributed by atoms with van der Waals surface area (Å²) in [5.74, 6) is -1.34. The van der Waals surface area contributed by atoms with Gasteiger partial charge in [-0.25, -0.2) is 17.6 Å². The number of fused-ring (bicyclic) bond motifs is 10. The normalized spacial score (nSPS) is 14.1. The summed E-state index contributed by atoms with van der Waals surface area (Å²) in [4.78, 5) is 4.17. The first kappa shape index (κ1) is 37.8. The third-order valence-electron chi connectivity index (χ3n) is 13.2. The van der Waals surface area contributed by atoms with Crippen LogP contribution in [0.5, 0.6) is 0 Å². The minimum Gasteiger partial charge on any atom is -0.310 e. The van der Waals surface area contributed by atoms with Gasteiger partial charge >= 0.3 is 0 Å². The van der Waals surface area contributed by atoms with Gasteiger partial charge in [0.2, 0.25) is 0 Å². The van der Waals surface area contributed by atoms with Gasteiger partial charge in [0.25, 0.3) is 0 Å². The second kappa shape index (κ2) is 13.7. The molecule has 0 atom stereocenters. The molecule has 2 aliphatic rings. The van der Waals surface area contributed by atoms with E-state index in [1.165, 1.54) is 70.8 Å². The monoisotopic (exact) mass is 816 g/mol. The zero-order chi connectivity index (χ0) is 42.7. The lowest BCUT2D eigenvalue weighted by atomic mass is 9.78. The first-order valence-electron chi connectivity index (χ1n) is 20.8. The molecule has 0 saturated heterocycles. The molecule has 0 aliphatic heterocycles. The first-order valence-corrected chi connectivity index (χ1v) is 20.8. The van der Waals surface area contributed by atoms with E-state index in [2.05, 4.69) is 98.2 Å². The largest absolute Gasteiger partial charge is 0.310 e. The van der Waals surface area contributed by atoms with Gasteiger partial charge in [-0.3, -0.25) is 0 Å². The highest BCUT2D eigenvalue weighted by Crippen LogP contribution is 2.60. The number of benzene rings is 9. The molecule has 2 nitrogen and oxygen atoms in total. The molecular formula is C56H40F4N2. The van der Waals surface area contributed by atoms with Crippen LogP contribution in [0.2, 0.25) is 0 Å².